The molecule has 3 nitrogen and oxygen atoms in total. The van der Waals surface area contributed by atoms with Crippen LogP contribution in [-0.2, 0) is 19.0 Å². The highest BCUT2D eigenvalue weighted by atomic mass is 19.4. The number of nitrogens with one attached hydrogen (secondary N) is 1. The van der Waals surface area contributed by atoms with E-state index in [0.29, 0.717) is 23.2 Å². The van der Waals surface area contributed by atoms with E-state index in [1.807, 2.05) is 36.4 Å². The van der Waals surface area contributed by atoms with Gasteiger partial charge in [0.1, 0.15) is 0 Å². The number of fused-ring (bicyclic) bond motifs is 5. The van der Waals surface area contributed by atoms with E-state index in [-0.39, 0.29) is 23.5 Å². The highest BCUT2D eigenvalue weighted by molar-refractivity contribution is 6.19. The number of benzene rings is 2. The minimum absolute atomic E-state index is 0.0324. The fourth-order valence-electron chi connectivity index (χ4n) is 5.30. The van der Waals surface area contributed by atoms with E-state index >= 15 is 0 Å². The summed E-state index contributed by atoms with van der Waals surface area (Å²) < 4.78 is 41.8. The first-order valence-electron chi connectivity index (χ1n) is 11.7. The average Bonchev–Trinajstić information content (AvgIpc) is 2.89. The molecule has 3 aliphatic carbocycles. The van der Waals surface area contributed by atoms with Gasteiger partial charge in [0.25, 0.3) is 0 Å². The summed E-state index contributed by atoms with van der Waals surface area (Å²) in [6, 6.07) is 14.3. The van der Waals surface area contributed by atoms with Crippen molar-refractivity contribution in [2.75, 3.05) is 5.32 Å². The highest BCUT2D eigenvalue weighted by Gasteiger charge is 2.38. The normalized spacial score (nSPS) is 16.6. The molecule has 1 heterocycles. The predicted molar refractivity (Wildman–Crippen MR) is 134 cm³/mol. The molecular weight excluding hydrogens is 461 g/mol. The highest BCUT2D eigenvalue weighted by Crippen LogP contribution is 2.44. The molecule has 178 valence electrons. The number of anilines is 1. The SMILES string of the molecule is O=C1C(Nc2ccccc2)=C(c2ccncc2C(F)(F)F)Cc2ccc3c(c21)CC=C1CC=CC=C13. The summed E-state index contributed by atoms with van der Waals surface area (Å²) in [5, 5.41) is 3.16. The predicted octanol–water partition coefficient (Wildman–Crippen LogP) is 7.19. The molecule has 0 aliphatic heterocycles. The van der Waals surface area contributed by atoms with Crippen molar-refractivity contribution >= 4 is 22.6 Å². The molecule has 0 fully saturated rings. The van der Waals surface area contributed by atoms with Crippen LogP contribution in [0.15, 0.2) is 96.5 Å². The van der Waals surface area contributed by atoms with Gasteiger partial charge in [-0.25, -0.2) is 0 Å². The zero-order valence-corrected chi connectivity index (χ0v) is 19.2. The van der Waals surface area contributed by atoms with Gasteiger partial charge in [-0.2, -0.15) is 13.2 Å². The smallest absolute Gasteiger partial charge is 0.352 e. The van der Waals surface area contributed by atoms with Crippen LogP contribution in [0.3, 0.4) is 0 Å². The van der Waals surface area contributed by atoms with Crippen LogP contribution in [-0.4, -0.2) is 10.8 Å². The lowest BCUT2D eigenvalue weighted by molar-refractivity contribution is -0.138. The van der Waals surface area contributed by atoms with Gasteiger partial charge in [-0.15, -0.1) is 0 Å². The van der Waals surface area contributed by atoms with Crippen molar-refractivity contribution in [3.63, 3.8) is 0 Å². The van der Waals surface area contributed by atoms with E-state index in [0.717, 1.165) is 34.9 Å². The largest absolute Gasteiger partial charge is 0.418 e. The summed E-state index contributed by atoms with van der Waals surface area (Å²) >= 11 is 0. The maximum absolute atomic E-state index is 14.1. The Morgan fingerprint density at radius 1 is 0.944 bits per heavy atom. The standard InChI is InChI=1S/C30H21F3N2O/c31-30(32,33)26-17-34-15-14-23(26)25-16-19-11-12-22-21-9-5-4-6-18(21)10-13-24(22)27(19)29(36)28(25)35-20-7-2-1-3-8-20/h1-5,7-12,14-15,17,35H,6,13,16H2. The molecule has 1 aromatic heterocycles. The third-order valence-corrected chi connectivity index (χ3v) is 6.94. The van der Waals surface area contributed by atoms with Crippen molar-refractivity contribution in [3.05, 3.63) is 130 Å². The Morgan fingerprint density at radius 3 is 2.58 bits per heavy atom. The molecule has 0 unspecified atom stereocenters. The van der Waals surface area contributed by atoms with Crippen LogP contribution < -0.4 is 5.32 Å². The van der Waals surface area contributed by atoms with Gasteiger partial charge in [0, 0.05) is 30.1 Å². The summed E-state index contributed by atoms with van der Waals surface area (Å²) in [5.41, 5.74) is 5.85. The molecule has 6 rings (SSSR count). The molecule has 0 bridgehead atoms. The van der Waals surface area contributed by atoms with E-state index in [4.69, 9.17) is 0 Å². The molecule has 0 amide bonds. The van der Waals surface area contributed by atoms with Crippen molar-refractivity contribution in [3.8, 4) is 0 Å². The van der Waals surface area contributed by atoms with Gasteiger partial charge in [0.05, 0.1) is 11.3 Å². The number of rotatable bonds is 3. The van der Waals surface area contributed by atoms with Gasteiger partial charge in [-0.3, -0.25) is 9.78 Å². The van der Waals surface area contributed by atoms with Crippen LogP contribution >= 0.6 is 0 Å². The van der Waals surface area contributed by atoms with Crippen LogP contribution in [0.25, 0.3) is 11.1 Å². The fourth-order valence-corrected chi connectivity index (χ4v) is 5.30. The fraction of sp³-hybridized carbons (Fsp3) is 0.133. The number of carbonyl (C=O) groups is 1. The number of nitrogens with zero attached hydrogens (tertiary/aromatic N) is 1. The van der Waals surface area contributed by atoms with Crippen LogP contribution in [0.5, 0.6) is 0 Å². The number of aromatic nitrogens is 1. The Labute approximate surface area is 206 Å². The molecule has 6 heteroatoms. The van der Waals surface area contributed by atoms with E-state index in [2.05, 4.69) is 28.5 Å². The zero-order valence-electron chi connectivity index (χ0n) is 19.2. The molecule has 0 atom stereocenters. The van der Waals surface area contributed by atoms with E-state index in [1.165, 1.54) is 17.8 Å². The number of hydrogen-bond donors (Lipinski definition) is 1. The Balaban J connectivity index is 1.55. The number of pyridine rings is 1. The minimum Gasteiger partial charge on any atom is -0.352 e. The molecule has 2 aromatic carbocycles. The number of hydrogen-bond acceptors (Lipinski definition) is 3. The molecule has 3 aliphatic rings. The molecule has 0 radical (unpaired) electrons. The average molecular weight is 483 g/mol. The van der Waals surface area contributed by atoms with E-state index in [1.54, 1.807) is 12.1 Å². The number of alkyl halides is 3. The maximum Gasteiger partial charge on any atom is 0.418 e. The zero-order chi connectivity index (χ0) is 24.9. The number of ketones is 1. The van der Waals surface area contributed by atoms with E-state index < -0.39 is 11.7 Å². The molecule has 3 aromatic rings. The van der Waals surface area contributed by atoms with Crippen LogP contribution in [0.4, 0.5) is 18.9 Å². The molecule has 36 heavy (non-hydrogen) atoms. The quantitative estimate of drug-likeness (QED) is 0.430. The van der Waals surface area contributed by atoms with Gasteiger partial charge in [0.2, 0.25) is 5.78 Å². The topological polar surface area (TPSA) is 42.0 Å². The first-order valence-corrected chi connectivity index (χ1v) is 11.7. The van der Waals surface area contributed by atoms with Crippen molar-refractivity contribution < 1.29 is 18.0 Å². The molecule has 1 N–H and O–H groups in total. The Bertz CT molecular complexity index is 1530. The van der Waals surface area contributed by atoms with Crippen molar-refractivity contribution in [2.45, 2.75) is 25.4 Å². The Kier molecular flexibility index (Phi) is 5.25. The summed E-state index contributed by atoms with van der Waals surface area (Å²) in [5.74, 6) is -0.291. The lowest BCUT2D eigenvalue weighted by Crippen LogP contribution is -2.25. The van der Waals surface area contributed by atoms with Gasteiger partial charge in [0.15, 0.2) is 0 Å². The summed E-state index contributed by atoms with van der Waals surface area (Å²) in [6.07, 6.45) is 7.56. The summed E-state index contributed by atoms with van der Waals surface area (Å²) in [4.78, 5) is 17.8. The van der Waals surface area contributed by atoms with Crippen LogP contribution in [0.2, 0.25) is 0 Å². The van der Waals surface area contributed by atoms with Gasteiger partial charge < -0.3 is 5.32 Å². The summed E-state index contributed by atoms with van der Waals surface area (Å²) in [6.45, 7) is 0. The first kappa shape index (κ1) is 22.3. The lowest BCUT2D eigenvalue weighted by Gasteiger charge is -2.30. The Morgan fingerprint density at radius 2 is 1.78 bits per heavy atom. The van der Waals surface area contributed by atoms with Crippen LogP contribution in [0, 0.1) is 0 Å². The monoisotopic (exact) mass is 482 g/mol. The van der Waals surface area contributed by atoms with E-state index in [9.17, 15) is 18.0 Å². The number of allylic oxidation sites excluding steroid dienone is 8. The molecular formula is C30H21F3N2O. The third kappa shape index (κ3) is 3.70. The molecule has 0 saturated carbocycles. The van der Waals surface area contributed by atoms with Gasteiger partial charge in [-0.05, 0) is 70.0 Å². The van der Waals surface area contributed by atoms with Crippen molar-refractivity contribution in [1.29, 1.82) is 0 Å². The second-order valence-corrected chi connectivity index (χ2v) is 9.04. The van der Waals surface area contributed by atoms with Gasteiger partial charge >= 0.3 is 6.18 Å². The number of halogens is 3. The lowest BCUT2D eigenvalue weighted by atomic mass is 9.75. The van der Waals surface area contributed by atoms with Crippen LogP contribution in [0.1, 0.15) is 44.6 Å². The number of Topliss-reactive ketones (excluding diaryl/α,β-unsaturated/α-hetero) is 1. The Hall–Kier alpha value is -4.19. The maximum atomic E-state index is 14.1. The number of para-hydroxylation sites is 1. The van der Waals surface area contributed by atoms with Crippen molar-refractivity contribution in [2.24, 2.45) is 0 Å². The minimum atomic E-state index is -4.60. The number of carbonyl (C=O) groups excluding carboxylic acids is 1. The second-order valence-electron chi connectivity index (χ2n) is 9.04. The van der Waals surface area contributed by atoms with Crippen molar-refractivity contribution in [1.82, 2.24) is 4.98 Å². The second kappa shape index (κ2) is 8.48. The van der Waals surface area contributed by atoms with Gasteiger partial charge in [-0.1, -0.05) is 54.6 Å². The summed E-state index contributed by atoms with van der Waals surface area (Å²) in [7, 11) is 0. The molecule has 0 saturated heterocycles. The first-order chi connectivity index (χ1) is 17.4. The third-order valence-electron chi connectivity index (χ3n) is 6.94. The molecule has 0 spiro atoms.